The van der Waals surface area contributed by atoms with E-state index in [-0.39, 0.29) is 5.91 Å². The van der Waals surface area contributed by atoms with Crippen LogP contribution in [0, 0.1) is 0 Å². The lowest BCUT2D eigenvalue weighted by Gasteiger charge is -2.37. The molecule has 21 heavy (non-hydrogen) atoms. The number of anilines is 1. The van der Waals surface area contributed by atoms with Crippen LogP contribution in [0.2, 0.25) is 5.02 Å². The summed E-state index contributed by atoms with van der Waals surface area (Å²) >= 11 is 5.96. The molecule has 108 valence electrons. The molecule has 0 aliphatic heterocycles. The van der Waals surface area contributed by atoms with E-state index in [1.54, 1.807) is 0 Å². The van der Waals surface area contributed by atoms with Crippen molar-refractivity contribution in [1.82, 2.24) is 0 Å². The second kappa shape index (κ2) is 5.90. The van der Waals surface area contributed by atoms with E-state index in [2.05, 4.69) is 29.6 Å². The summed E-state index contributed by atoms with van der Waals surface area (Å²) in [6, 6.07) is 16.4. The maximum atomic E-state index is 11.0. The summed E-state index contributed by atoms with van der Waals surface area (Å²) in [5.74, 6) is 1.11. The Morgan fingerprint density at radius 3 is 1.86 bits per heavy atom. The average molecular weight is 300 g/mol. The Hall–Kier alpha value is -1.80. The van der Waals surface area contributed by atoms with Gasteiger partial charge in [-0.3, -0.25) is 4.79 Å². The van der Waals surface area contributed by atoms with E-state index < -0.39 is 0 Å². The predicted molar refractivity (Wildman–Crippen MR) is 86.9 cm³/mol. The summed E-state index contributed by atoms with van der Waals surface area (Å²) in [6.07, 6.45) is 2.44. The Labute approximate surface area is 130 Å². The summed E-state index contributed by atoms with van der Waals surface area (Å²) in [5, 5.41) is 3.59. The van der Waals surface area contributed by atoms with Gasteiger partial charge in [0.05, 0.1) is 0 Å². The first-order chi connectivity index (χ1) is 10.1. The highest BCUT2D eigenvalue weighted by molar-refractivity contribution is 6.30. The van der Waals surface area contributed by atoms with Gasteiger partial charge in [0.1, 0.15) is 0 Å². The number of amides is 1. The van der Waals surface area contributed by atoms with E-state index in [0.717, 1.165) is 10.7 Å². The number of hydrogen-bond acceptors (Lipinski definition) is 1. The molecule has 3 rings (SSSR count). The second-order valence-electron chi connectivity index (χ2n) is 5.65. The maximum absolute atomic E-state index is 11.0. The van der Waals surface area contributed by atoms with Crippen LogP contribution in [0.1, 0.15) is 42.7 Å². The molecule has 0 aromatic heterocycles. The third-order valence-electron chi connectivity index (χ3n) is 4.23. The largest absolute Gasteiger partial charge is 0.326 e. The Kier molecular flexibility index (Phi) is 3.98. The van der Waals surface area contributed by atoms with Gasteiger partial charge in [-0.2, -0.15) is 0 Å². The van der Waals surface area contributed by atoms with Crippen molar-refractivity contribution in [2.75, 3.05) is 5.32 Å². The molecule has 1 amide bonds. The van der Waals surface area contributed by atoms with E-state index in [1.807, 2.05) is 24.3 Å². The van der Waals surface area contributed by atoms with Gasteiger partial charge in [-0.25, -0.2) is 0 Å². The van der Waals surface area contributed by atoms with Crippen LogP contribution >= 0.6 is 11.6 Å². The van der Waals surface area contributed by atoms with Crippen LogP contribution in [0.5, 0.6) is 0 Å². The summed E-state index contributed by atoms with van der Waals surface area (Å²) in [5.41, 5.74) is 3.56. The van der Waals surface area contributed by atoms with Crippen molar-refractivity contribution in [2.24, 2.45) is 0 Å². The first kappa shape index (κ1) is 14.2. The van der Waals surface area contributed by atoms with Crippen LogP contribution in [0.3, 0.4) is 0 Å². The highest BCUT2D eigenvalue weighted by Gasteiger charge is 2.33. The minimum Gasteiger partial charge on any atom is -0.326 e. The monoisotopic (exact) mass is 299 g/mol. The molecule has 2 unspecified atom stereocenters. The summed E-state index contributed by atoms with van der Waals surface area (Å²) < 4.78 is 0. The molecule has 1 aliphatic rings. The first-order valence-corrected chi connectivity index (χ1v) is 7.64. The van der Waals surface area contributed by atoms with E-state index >= 15 is 0 Å². The van der Waals surface area contributed by atoms with Crippen molar-refractivity contribution in [3.63, 3.8) is 0 Å². The minimum absolute atomic E-state index is 0.0366. The lowest BCUT2D eigenvalue weighted by molar-refractivity contribution is -0.114. The molecule has 1 N–H and O–H groups in total. The number of hydrogen-bond donors (Lipinski definition) is 1. The molecule has 2 aromatic carbocycles. The smallest absolute Gasteiger partial charge is 0.221 e. The highest BCUT2D eigenvalue weighted by Crippen LogP contribution is 2.49. The number of nitrogens with one attached hydrogen (secondary N) is 1. The van der Waals surface area contributed by atoms with Crippen molar-refractivity contribution >= 4 is 23.2 Å². The molecule has 0 bridgehead atoms. The number of rotatable bonds is 3. The summed E-state index contributed by atoms with van der Waals surface area (Å²) in [4.78, 5) is 11.0. The number of carbonyl (C=O) groups excluding carboxylic acids is 1. The van der Waals surface area contributed by atoms with Gasteiger partial charge in [-0.15, -0.1) is 0 Å². The zero-order valence-corrected chi connectivity index (χ0v) is 12.7. The first-order valence-electron chi connectivity index (χ1n) is 7.26. The molecule has 2 atom stereocenters. The van der Waals surface area contributed by atoms with Crippen LogP contribution in [0.25, 0.3) is 0 Å². The van der Waals surface area contributed by atoms with E-state index in [9.17, 15) is 4.79 Å². The molecule has 0 spiro atoms. The lowest BCUT2D eigenvalue weighted by atomic mass is 9.67. The predicted octanol–water partition coefficient (Wildman–Crippen LogP) is 4.96. The van der Waals surface area contributed by atoms with Crippen LogP contribution in [-0.2, 0) is 4.79 Å². The molecule has 3 heteroatoms. The molecule has 1 saturated carbocycles. The van der Waals surface area contributed by atoms with Crippen LogP contribution in [0.15, 0.2) is 48.5 Å². The van der Waals surface area contributed by atoms with Gasteiger partial charge in [0.2, 0.25) is 5.91 Å². The zero-order chi connectivity index (χ0) is 14.8. The lowest BCUT2D eigenvalue weighted by Crippen LogP contribution is -2.21. The molecule has 1 aliphatic carbocycles. The molecule has 2 aromatic rings. The topological polar surface area (TPSA) is 29.1 Å². The van der Waals surface area contributed by atoms with Gasteiger partial charge in [-0.1, -0.05) is 35.9 Å². The third-order valence-corrected chi connectivity index (χ3v) is 4.48. The molecule has 0 saturated heterocycles. The minimum atomic E-state index is -0.0366. The van der Waals surface area contributed by atoms with Crippen LogP contribution < -0.4 is 5.32 Å². The molecular formula is C18H18ClNO. The van der Waals surface area contributed by atoms with Crippen molar-refractivity contribution in [3.05, 3.63) is 64.7 Å². The third kappa shape index (κ3) is 3.11. The normalized spacial score (nSPS) is 20.7. The Balaban J connectivity index is 1.74. The number of benzene rings is 2. The molecule has 2 nitrogen and oxygen atoms in total. The van der Waals surface area contributed by atoms with Crippen molar-refractivity contribution < 1.29 is 4.79 Å². The van der Waals surface area contributed by atoms with Gasteiger partial charge in [0, 0.05) is 17.6 Å². The Morgan fingerprint density at radius 1 is 0.952 bits per heavy atom. The molecule has 0 heterocycles. The fourth-order valence-corrected chi connectivity index (χ4v) is 3.15. The second-order valence-corrected chi connectivity index (χ2v) is 6.08. The SMILES string of the molecule is CC(=O)Nc1ccc(C2CCC2c2ccc(Cl)cc2)cc1. The Bertz CT molecular complexity index is 633. The molecule has 1 fully saturated rings. The molecular weight excluding hydrogens is 282 g/mol. The maximum Gasteiger partial charge on any atom is 0.221 e. The van der Waals surface area contributed by atoms with E-state index in [1.165, 1.54) is 30.9 Å². The van der Waals surface area contributed by atoms with Gasteiger partial charge >= 0.3 is 0 Å². The fraction of sp³-hybridized carbons (Fsp3) is 0.278. The van der Waals surface area contributed by atoms with Gasteiger partial charge < -0.3 is 5.32 Å². The quantitative estimate of drug-likeness (QED) is 0.852. The number of carbonyl (C=O) groups is 1. The summed E-state index contributed by atoms with van der Waals surface area (Å²) in [7, 11) is 0. The van der Waals surface area contributed by atoms with Crippen molar-refractivity contribution in [1.29, 1.82) is 0 Å². The van der Waals surface area contributed by atoms with Gasteiger partial charge in [0.15, 0.2) is 0 Å². The van der Waals surface area contributed by atoms with Gasteiger partial charge in [-0.05, 0) is 60.1 Å². The molecule has 0 radical (unpaired) electrons. The van der Waals surface area contributed by atoms with Crippen molar-refractivity contribution in [2.45, 2.75) is 31.6 Å². The fourth-order valence-electron chi connectivity index (χ4n) is 3.02. The zero-order valence-electron chi connectivity index (χ0n) is 12.0. The van der Waals surface area contributed by atoms with Gasteiger partial charge in [0.25, 0.3) is 0 Å². The van der Waals surface area contributed by atoms with E-state index in [0.29, 0.717) is 11.8 Å². The van der Waals surface area contributed by atoms with Crippen LogP contribution in [-0.4, -0.2) is 5.91 Å². The summed E-state index contributed by atoms with van der Waals surface area (Å²) in [6.45, 7) is 1.52. The number of halogens is 1. The standard InChI is InChI=1S/C18H18ClNO/c1-12(21)20-16-8-4-14(5-9-16)18-11-10-17(18)13-2-6-15(19)7-3-13/h2-9,17-18H,10-11H2,1H3,(H,20,21). The van der Waals surface area contributed by atoms with Crippen molar-refractivity contribution in [3.8, 4) is 0 Å². The average Bonchev–Trinajstić information content (AvgIpc) is 2.42. The highest BCUT2D eigenvalue weighted by atomic mass is 35.5. The van der Waals surface area contributed by atoms with E-state index in [4.69, 9.17) is 11.6 Å². The Morgan fingerprint density at radius 2 is 1.43 bits per heavy atom. The van der Waals surface area contributed by atoms with Crippen LogP contribution in [0.4, 0.5) is 5.69 Å².